The summed E-state index contributed by atoms with van der Waals surface area (Å²) in [5.74, 6) is 0.596. The van der Waals surface area contributed by atoms with Gasteiger partial charge in [0.1, 0.15) is 5.75 Å². The fourth-order valence-electron chi connectivity index (χ4n) is 2.16. The maximum absolute atomic E-state index is 12.2. The summed E-state index contributed by atoms with van der Waals surface area (Å²) in [6, 6.07) is 14.6. The maximum Gasteiger partial charge on any atom is 0.322 e. The molecule has 6 nitrogen and oxygen atoms in total. The summed E-state index contributed by atoms with van der Waals surface area (Å²) in [7, 11) is 1.57. The van der Waals surface area contributed by atoms with E-state index < -0.39 is 0 Å². The number of methoxy groups -OCH3 is 1. The molecule has 3 aromatic rings. The molecule has 0 spiro atoms. The number of para-hydroxylation sites is 1. The molecule has 0 bridgehead atoms. The number of rotatable bonds is 4. The molecule has 1 N–H and O–H groups in total. The standard InChI is InChI=1S/C17H15N3O3/c1-11-6-5-7-12(10-11)15(21)18-17-20-19-16(23-17)13-8-3-4-9-14(13)22-2/h3-10H,1-2H3,(H,18,20,21). The number of anilines is 1. The Labute approximate surface area is 133 Å². The normalized spacial score (nSPS) is 10.3. The van der Waals surface area contributed by atoms with E-state index in [-0.39, 0.29) is 17.8 Å². The Morgan fingerprint density at radius 1 is 1.13 bits per heavy atom. The maximum atomic E-state index is 12.2. The number of hydrogen-bond donors (Lipinski definition) is 1. The molecule has 1 amide bonds. The minimum Gasteiger partial charge on any atom is -0.496 e. The van der Waals surface area contributed by atoms with Crippen LogP contribution in [0, 0.1) is 6.92 Å². The van der Waals surface area contributed by atoms with E-state index in [2.05, 4.69) is 15.5 Å². The van der Waals surface area contributed by atoms with Crippen molar-refractivity contribution >= 4 is 11.9 Å². The molecule has 0 atom stereocenters. The Morgan fingerprint density at radius 2 is 1.96 bits per heavy atom. The van der Waals surface area contributed by atoms with E-state index >= 15 is 0 Å². The molecular weight excluding hydrogens is 294 g/mol. The Bertz CT molecular complexity index is 842. The van der Waals surface area contributed by atoms with E-state index in [0.717, 1.165) is 5.56 Å². The molecule has 0 aliphatic heterocycles. The first kappa shape index (κ1) is 14.8. The van der Waals surface area contributed by atoms with Crippen LogP contribution in [0.4, 0.5) is 6.01 Å². The minimum atomic E-state index is -0.302. The molecule has 116 valence electrons. The van der Waals surface area contributed by atoms with Crippen LogP contribution >= 0.6 is 0 Å². The third-order valence-corrected chi connectivity index (χ3v) is 3.26. The van der Waals surface area contributed by atoms with Gasteiger partial charge in [-0.2, -0.15) is 0 Å². The molecule has 23 heavy (non-hydrogen) atoms. The summed E-state index contributed by atoms with van der Waals surface area (Å²) >= 11 is 0. The summed E-state index contributed by atoms with van der Waals surface area (Å²) in [6.07, 6.45) is 0. The highest BCUT2D eigenvalue weighted by atomic mass is 16.5. The average Bonchev–Trinajstić information content (AvgIpc) is 3.03. The SMILES string of the molecule is COc1ccccc1-c1nnc(NC(=O)c2cccc(C)c2)o1. The monoisotopic (exact) mass is 309 g/mol. The van der Waals surface area contributed by atoms with Crippen molar-refractivity contribution in [2.75, 3.05) is 12.4 Å². The number of nitrogens with one attached hydrogen (secondary N) is 1. The first-order valence-corrected chi connectivity index (χ1v) is 7.02. The highest BCUT2D eigenvalue weighted by Crippen LogP contribution is 2.29. The lowest BCUT2D eigenvalue weighted by Crippen LogP contribution is -2.12. The first-order chi connectivity index (χ1) is 11.2. The molecule has 0 radical (unpaired) electrons. The number of carbonyl (C=O) groups is 1. The van der Waals surface area contributed by atoms with Crippen LogP contribution in [0.15, 0.2) is 52.9 Å². The number of aryl methyl sites for hydroxylation is 1. The molecule has 0 aliphatic rings. The van der Waals surface area contributed by atoms with Crippen molar-refractivity contribution in [2.45, 2.75) is 6.92 Å². The molecule has 6 heteroatoms. The van der Waals surface area contributed by atoms with Gasteiger partial charge in [-0.15, -0.1) is 5.10 Å². The highest BCUT2D eigenvalue weighted by molar-refractivity contribution is 6.03. The fraction of sp³-hybridized carbons (Fsp3) is 0.118. The smallest absolute Gasteiger partial charge is 0.322 e. The third kappa shape index (κ3) is 3.21. The lowest BCUT2D eigenvalue weighted by molar-refractivity contribution is 0.102. The second kappa shape index (κ2) is 6.31. The molecule has 0 fully saturated rings. The number of nitrogens with zero attached hydrogens (tertiary/aromatic N) is 2. The van der Waals surface area contributed by atoms with E-state index in [4.69, 9.17) is 9.15 Å². The van der Waals surface area contributed by atoms with Crippen LogP contribution in [0.5, 0.6) is 5.75 Å². The highest BCUT2D eigenvalue weighted by Gasteiger charge is 2.15. The average molecular weight is 309 g/mol. The van der Waals surface area contributed by atoms with Gasteiger partial charge in [0, 0.05) is 5.56 Å². The predicted octanol–water partition coefficient (Wildman–Crippen LogP) is 3.31. The number of aromatic nitrogens is 2. The van der Waals surface area contributed by atoms with Crippen LogP contribution < -0.4 is 10.1 Å². The van der Waals surface area contributed by atoms with E-state index in [0.29, 0.717) is 16.9 Å². The third-order valence-electron chi connectivity index (χ3n) is 3.26. The van der Waals surface area contributed by atoms with Gasteiger partial charge in [0.2, 0.25) is 0 Å². The number of hydrogen-bond acceptors (Lipinski definition) is 5. The van der Waals surface area contributed by atoms with Crippen LogP contribution in [0.1, 0.15) is 15.9 Å². The van der Waals surface area contributed by atoms with Crippen LogP contribution in [-0.4, -0.2) is 23.2 Å². The topological polar surface area (TPSA) is 77.3 Å². The Balaban J connectivity index is 1.81. The molecule has 1 aromatic heterocycles. The largest absolute Gasteiger partial charge is 0.496 e. The second-order valence-electron chi connectivity index (χ2n) is 4.94. The van der Waals surface area contributed by atoms with Gasteiger partial charge in [0.15, 0.2) is 0 Å². The lowest BCUT2D eigenvalue weighted by Gasteiger charge is -2.03. The molecule has 0 saturated heterocycles. The Hall–Kier alpha value is -3.15. The van der Waals surface area contributed by atoms with Crippen molar-refractivity contribution in [1.29, 1.82) is 0 Å². The van der Waals surface area contributed by atoms with Crippen LogP contribution in [0.3, 0.4) is 0 Å². The van der Waals surface area contributed by atoms with Gasteiger partial charge in [-0.1, -0.05) is 34.9 Å². The van der Waals surface area contributed by atoms with Crippen molar-refractivity contribution in [3.63, 3.8) is 0 Å². The van der Waals surface area contributed by atoms with Gasteiger partial charge in [-0.25, -0.2) is 0 Å². The van der Waals surface area contributed by atoms with Crippen LogP contribution in [-0.2, 0) is 0 Å². The van der Waals surface area contributed by atoms with Gasteiger partial charge in [-0.05, 0) is 31.2 Å². The van der Waals surface area contributed by atoms with Crippen molar-refractivity contribution < 1.29 is 13.9 Å². The number of ether oxygens (including phenoxy) is 1. The van der Waals surface area contributed by atoms with E-state index in [1.54, 1.807) is 31.4 Å². The van der Waals surface area contributed by atoms with Gasteiger partial charge >= 0.3 is 6.01 Å². The number of amides is 1. The molecule has 0 saturated carbocycles. The van der Waals surface area contributed by atoms with Gasteiger partial charge in [-0.3, -0.25) is 10.1 Å². The Morgan fingerprint density at radius 3 is 2.74 bits per heavy atom. The van der Waals surface area contributed by atoms with Crippen LogP contribution in [0.25, 0.3) is 11.5 Å². The predicted molar refractivity (Wildman–Crippen MR) is 85.4 cm³/mol. The van der Waals surface area contributed by atoms with E-state index in [1.165, 1.54) is 0 Å². The van der Waals surface area contributed by atoms with Crippen molar-refractivity contribution in [3.8, 4) is 17.2 Å². The molecular formula is C17H15N3O3. The zero-order chi connectivity index (χ0) is 16.2. The van der Waals surface area contributed by atoms with Gasteiger partial charge in [0.05, 0.1) is 12.7 Å². The van der Waals surface area contributed by atoms with E-state index in [1.807, 2.05) is 31.2 Å². The summed E-state index contributed by atoms with van der Waals surface area (Å²) in [5.41, 5.74) is 2.19. The molecule has 2 aromatic carbocycles. The second-order valence-corrected chi connectivity index (χ2v) is 4.94. The quantitative estimate of drug-likeness (QED) is 0.800. The zero-order valence-electron chi connectivity index (χ0n) is 12.7. The fourth-order valence-corrected chi connectivity index (χ4v) is 2.16. The van der Waals surface area contributed by atoms with Crippen molar-refractivity contribution in [3.05, 3.63) is 59.7 Å². The number of carbonyl (C=O) groups excluding carboxylic acids is 1. The number of benzene rings is 2. The molecule has 0 unspecified atom stereocenters. The molecule has 3 rings (SSSR count). The minimum absolute atomic E-state index is 0.0393. The summed E-state index contributed by atoms with van der Waals surface area (Å²) in [6.45, 7) is 1.92. The van der Waals surface area contributed by atoms with Gasteiger partial charge < -0.3 is 9.15 Å². The molecule has 1 heterocycles. The summed E-state index contributed by atoms with van der Waals surface area (Å²) in [5, 5.41) is 10.4. The molecule has 0 aliphatic carbocycles. The lowest BCUT2D eigenvalue weighted by atomic mass is 10.1. The summed E-state index contributed by atoms with van der Waals surface area (Å²) < 4.78 is 10.8. The van der Waals surface area contributed by atoms with Gasteiger partial charge in [0.25, 0.3) is 11.8 Å². The Kier molecular flexibility index (Phi) is 4.05. The first-order valence-electron chi connectivity index (χ1n) is 7.02. The summed E-state index contributed by atoms with van der Waals surface area (Å²) in [4.78, 5) is 12.2. The zero-order valence-corrected chi connectivity index (χ0v) is 12.7. The van der Waals surface area contributed by atoms with Crippen LogP contribution in [0.2, 0.25) is 0 Å². The van der Waals surface area contributed by atoms with Crippen molar-refractivity contribution in [2.24, 2.45) is 0 Å². The van der Waals surface area contributed by atoms with Crippen molar-refractivity contribution in [1.82, 2.24) is 10.2 Å². The van der Waals surface area contributed by atoms with E-state index in [9.17, 15) is 4.79 Å².